The molecular weight excluding hydrogens is 484 g/mol. The van der Waals surface area contributed by atoms with Crippen LogP contribution in [0.1, 0.15) is 31.2 Å². The molecule has 2 aliphatic heterocycles. The number of unbranched alkanes of at least 4 members (excludes halogenated alkanes) is 2. The van der Waals surface area contributed by atoms with Crippen LogP contribution in [0.5, 0.6) is 17.2 Å². The van der Waals surface area contributed by atoms with Crippen LogP contribution in [-0.4, -0.2) is 39.5 Å². The molecule has 4 rings (SSSR count). The third kappa shape index (κ3) is 5.79. The van der Waals surface area contributed by atoms with E-state index in [0.717, 1.165) is 18.4 Å². The lowest BCUT2D eigenvalue weighted by Gasteiger charge is -2.14. The Morgan fingerprint density at radius 1 is 1.18 bits per heavy atom. The average Bonchev–Trinajstić information content (AvgIpc) is 3.35. The molecule has 0 aromatic heterocycles. The first-order chi connectivity index (χ1) is 15.9. The highest BCUT2D eigenvalue weighted by atomic mass is 35.5. The summed E-state index contributed by atoms with van der Waals surface area (Å²) >= 11 is 12.6. The molecule has 1 saturated heterocycles. The van der Waals surface area contributed by atoms with Gasteiger partial charge in [0, 0.05) is 18.0 Å². The van der Waals surface area contributed by atoms with Gasteiger partial charge in [-0.1, -0.05) is 48.1 Å². The van der Waals surface area contributed by atoms with Crippen molar-refractivity contribution in [3.05, 3.63) is 51.9 Å². The van der Waals surface area contributed by atoms with E-state index < -0.39 is 0 Å². The summed E-state index contributed by atoms with van der Waals surface area (Å²) in [6, 6.07) is 10.0. The molecule has 0 saturated carbocycles. The van der Waals surface area contributed by atoms with Crippen molar-refractivity contribution in [1.82, 2.24) is 4.90 Å². The molecule has 0 radical (unpaired) electrons. The molecule has 172 valence electrons. The van der Waals surface area contributed by atoms with Crippen LogP contribution in [0.25, 0.3) is 6.08 Å². The number of benzene rings is 2. The molecule has 2 N–H and O–H groups in total. The number of carbonyl (C=O) groups excluding carboxylic acids is 2. The molecule has 2 aliphatic rings. The summed E-state index contributed by atoms with van der Waals surface area (Å²) < 4.78 is 11.2. The van der Waals surface area contributed by atoms with Gasteiger partial charge >= 0.3 is 0 Å². The van der Waals surface area contributed by atoms with Crippen LogP contribution in [-0.2, 0) is 9.59 Å². The van der Waals surface area contributed by atoms with Crippen molar-refractivity contribution in [3.8, 4) is 17.2 Å². The van der Waals surface area contributed by atoms with E-state index in [1.54, 1.807) is 17.0 Å². The van der Waals surface area contributed by atoms with Gasteiger partial charge in [0.15, 0.2) is 11.5 Å². The number of nitrogens with one attached hydrogen (secondary N) is 1. The van der Waals surface area contributed by atoms with E-state index in [2.05, 4.69) is 5.32 Å². The Morgan fingerprint density at radius 2 is 2.00 bits per heavy atom. The maximum Gasteiger partial charge on any atom is 0.266 e. The van der Waals surface area contributed by atoms with E-state index in [0.29, 0.717) is 50.8 Å². The Morgan fingerprint density at radius 3 is 2.85 bits per heavy atom. The summed E-state index contributed by atoms with van der Waals surface area (Å²) in [5.41, 5.74) is 1.14. The molecule has 0 spiro atoms. The van der Waals surface area contributed by atoms with Gasteiger partial charge in [-0.05, 0) is 54.8 Å². The van der Waals surface area contributed by atoms with Gasteiger partial charge in [0.1, 0.15) is 10.1 Å². The third-order valence-electron chi connectivity index (χ3n) is 5.09. The number of fused-ring (bicyclic) bond motifs is 1. The van der Waals surface area contributed by atoms with Crippen LogP contribution in [0.15, 0.2) is 41.3 Å². The zero-order valence-electron chi connectivity index (χ0n) is 17.5. The van der Waals surface area contributed by atoms with Crippen molar-refractivity contribution in [3.63, 3.8) is 0 Å². The number of thioether (sulfide) groups is 1. The van der Waals surface area contributed by atoms with Crippen LogP contribution in [0, 0.1) is 0 Å². The van der Waals surface area contributed by atoms with Crippen molar-refractivity contribution >= 4 is 63.5 Å². The van der Waals surface area contributed by atoms with Crippen LogP contribution in [0.3, 0.4) is 0 Å². The Kier molecular flexibility index (Phi) is 7.42. The maximum atomic E-state index is 12.8. The second-order valence-electron chi connectivity index (χ2n) is 7.47. The number of aromatic hydroxyl groups is 1. The average molecular weight is 505 g/mol. The fraction of sp³-hybridized carbons (Fsp3) is 0.261. The molecule has 33 heavy (non-hydrogen) atoms. The minimum Gasteiger partial charge on any atom is -0.506 e. The van der Waals surface area contributed by atoms with Crippen molar-refractivity contribution in [2.24, 2.45) is 0 Å². The zero-order valence-corrected chi connectivity index (χ0v) is 19.9. The van der Waals surface area contributed by atoms with E-state index >= 15 is 0 Å². The molecular formula is C23H21ClN2O5S2. The number of hydrogen-bond donors (Lipinski definition) is 2. The van der Waals surface area contributed by atoms with E-state index in [9.17, 15) is 14.7 Å². The largest absolute Gasteiger partial charge is 0.506 e. The quantitative estimate of drug-likeness (QED) is 0.222. The van der Waals surface area contributed by atoms with Gasteiger partial charge in [0.25, 0.3) is 5.91 Å². The molecule has 2 heterocycles. The number of thiocarbonyl (C=S) groups is 1. The molecule has 0 atom stereocenters. The molecule has 7 nitrogen and oxygen atoms in total. The molecule has 0 unspecified atom stereocenters. The first-order valence-electron chi connectivity index (χ1n) is 10.3. The van der Waals surface area contributed by atoms with E-state index in [-0.39, 0.29) is 24.4 Å². The van der Waals surface area contributed by atoms with Gasteiger partial charge in [-0.2, -0.15) is 0 Å². The number of amides is 2. The Balaban J connectivity index is 1.23. The van der Waals surface area contributed by atoms with Gasteiger partial charge in [-0.25, -0.2) is 0 Å². The second kappa shape index (κ2) is 10.5. The number of phenols is 1. The SMILES string of the molecule is O=C(CCCCCN1C(=O)C(=Cc2ccc3c(c2)OCO3)SC1=S)Nc1cc(Cl)ccc1O. The zero-order chi connectivity index (χ0) is 23.4. The smallest absolute Gasteiger partial charge is 0.266 e. The Hall–Kier alpha value is -2.75. The van der Waals surface area contributed by atoms with E-state index in [1.165, 1.54) is 23.9 Å². The van der Waals surface area contributed by atoms with Gasteiger partial charge in [0.2, 0.25) is 12.7 Å². The van der Waals surface area contributed by atoms with Crippen molar-refractivity contribution in [1.29, 1.82) is 0 Å². The predicted octanol–water partition coefficient (Wildman–Crippen LogP) is 5.17. The number of carbonyl (C=O) groups is 2. The first kappa shape index (κ1) is 23.4. The summed E-state index contributed by atoms with van der Waals surface area (Å²) in [7, 11) is 0. The number of anilines is 1. The molecule has 10 heteroatoms. The molecule has 2 amide bonds. The van der Waals surface area contributed by atoms with Crippen LogP contribution >= 0.6 is 35.6 Å². The monoisotopic (exact) mass is 504 g/mol. The van der Waals surface area contributed by atoms with E-state index in [4.69, 9.17) is 33.3 Å². The topological polar surface area (TPSA) is 88.1 Å². The number of hydrogen-bond acceptors (Lipinski definition) is 7. The van der Waals surface area contributed by atoms with Crippen molar-refractivity contribution in [2.45, 2.75) is 25.7 Å². The fourth-order valence-electron chi connectivity index (χ4n) is 3.40. The first-order valence-corrected chi connectivity index (χ1v) is 11.9. The lowest BCUT2D eigenvalue weighted by atomic mass is 10.1. The Bertz CT molecular complexity index is 1140. The highest BCUT2D eigenvalue weighted by Crippen LogP contribution is 2.36. The lowest BCUT2D eigenvalue weighted by molar-refractivity contribution is -0.122. The fourth-order valence-corrected chi connectivity index (χ4v) is 4.88. The number of phenolic OH excluding ortho intramolecular Hbond substituents is 1. The highest BCUT2D eigenvalue weighted by Gasteiger charge is 2.31. The normalized spacial score (nSPS) is 16.0. The van der Waals surface area contributed by atoms with Crippen LogP contribution in [0.2, 0.25) is 5.02 Å². The van der Waals surface area contributed by atoms with Gasteiger partial charge in [-0.15, -0.1) is 0 Å². The van der Waals surface area contributed by atoms with Gasteiger partial charge < -0.3 is 19.9 Å². The van der Waals surface area contributed by atoms with E-state index in [1.807, 2.05) is 18.2 Å². The predicted molar refractivity (Wildman–Crippen MR) is 133 cm³/mol. The Labute approximate surface area is 205 Å². The number of nitrogens with zero attached hydrogens (tertiary/aromatic N) is 1. The third-order valence-corrected chi connectivity index (χ3v) is 6.70. The maximum absolute atomic E-state index is 12.8. The standard InChI is InChI=1S/C23H21ClN2O5S2/c24-15-6-7-17(27)16(12-15)25-21(28)4-2-1-3-9-26-22(29)20(33-23(26)32)11-14-5-8-18-19(10-14)31-13-30-18/h5-8,10-12,27H,1-4,9,13H2,(H,25,28). The lowest BCUT2D eigenvalue weighted by Crippen LogP contribution is -2.29. The number of rotatable bonds is 8. The minimum absolute atomic E-state index is 0.0316. The highest BCUT2D eigenvalue weighted by molar-refractivity contribution is 8.26. The molecule has 1 fully saturated rings. The van der Waals surface area contributed by atoms with Crippen LogP contribution < -0.4 is 14.8 Å². The van der Waals surface area contributed by atoms with Crippen molar-refractivity contribution < 1.29 is 24.2 Å². The molecule has 2 aromatic carbocycles. The van der Waals surface area contributed by atoms with Crippen LogP contribution in [0.4, 0.5) is 5.69 Å². The summed E-state index contributed by atoms with van der Waals surface area (Å²) in [5.74, 6) is 1.00. The number of halogens is 1. The minimum atomic E-state index is -0.204. The number of ether oxygens (including phenoxy) is 2. The van der Waals surface area contributed by atoms with Gasteiger partial charge in [0.05, 0.1) is 10.6 Å². The molecule has 0 aliphatic carbocycles. The molecule has 0 bridgehead atoms. The summed E-state index contributed by atoms with van der Waals surface area (Å²) in [5, 5.41) is 12.9. The van der Waals surface area contributed by atoms with Crippen molar-refractivity contribution in [2.75, 3.05) is 18.7 Å². The molecule has 2 aromatic rings. The van der Waals surface area contributed by atoms with Gasteiger partial charge in [-0.3, -0.25) is 14.5 Å². The second-order valence-corrected chi connectivity index (χ2v) is 9.58. The summed E-state index contributed by atoms with van der Waals surface area (Å²) in [4.78, 5) is 27.1. The summed E-state index contributed by atoms with van der Waals surface area (Å²) in [6.07, 6.45) is 4.23. The summed E-state index contributed by atoms with van der Waals surface area (Å²) in [6.45, 7) is 0.700.